The van der Waals surface area contributed by atoms with Gasteiger partial charge in [-0.1, -0.05) is 35.4 Å². The van der Waals surface area contributed by atoms with Gasteiger partial charge in [0, 0.05) is 23.4 Å². The molecule has 1 N–H and O–H groups in total. The Kier molecular flexibility index (Phi) is 5.44. The highest BCUT2D eigenvalue weighted by Gasteiger charge is 2.27. The number of azide groups is 1. The summed E-state index contributed by atoms with van der Waals surface area (Å²) in [5.74, 6) is 0.231. The minimum atomic E-state index is 0.0796. The van der Waals surface area contributed by atoms with Crippen molar-refractivity contribution in [3.8, 4) is 0 Å². The normalized spacial score (nSPS) is 21.9. The summed E-state index contributed by atoms with van der Waals surface area (Å²) < 4.78 is 0. The predicted molar refractivity (Wildman–Crippen MR) is 78.0 cm³/mol. The quantitative estimate of drug-likeness (QED) is 0.367. The monoisotopic (exact) mass is 272 g/mol. The van der Waals surface area contributed by atoms with Gasteiger partial charge in [0.05, 0.1) is 0 Å². The number of rotatable bonds is 6. The molecule has 1 amide bonds. The molecule has 1 saturated heterocycles. The van der Waals surface area contributed by atoms with Crippen LogP contribution in [0.3, 0.4) is 0 Å². The first kappa shape index (κ1) is 14.4. The Morgan fingerprint density at radius 1 is 1.30 bits per heavy atom. The van der Waals surface area contributed by atoms with E-state index in [1.165, 1.54) is 5.56 Å². The maximum atomic E-state index is 12.0. The molecule has 2 rings (SSSR count). The van der Waals surface area contributed by atoms with E-state index in [1.54, 1.807) is 0 Å². The Balaban J connectivity index is 1.77. The van der Waals surface area contributed by atoms with Crippen LogP contribution in [-0.4, -0.2) is 18.5 Å². The number of nitrogens with one attached hydrogen (secondary N) is 1. The summed E-state index contributed by atoms with van der Waals surface area (Å²) in [4.78, 5) is 14.8. The fourth-order valence-corrected chi connectivity index (χ4v) is 2.70. The molecule has 0 aliphatic carbocycles. The first-order valence-electron chi connectivity index (χ1n) is 7.14. The van der Waals surface area contributed by atoms with Gasteiger partial charge in [-0.25, -0.2) is 0 Å². The number of carbonyl (C=O) groups excluding carboxylic acids is 1. The average Bonchev–Trinajstić information content (AvgIpc) is 2.46. The summed E-state index contributed by atoms with van der Waals surface area (Å²) in [6.07, 6.45) is 4.44. The summed E-state index contributed by atoms with van der Waals surface area (Å²) in [6.45, 7) is 0.480. The van der Waals surface area contributed by atoms with Gasteiger partial charge >= 0.3 is 0 Å². The average molecular weight is 272 g/mol. The van der Waals surface area contributed by atoms with Gasteiger partial charge in [0.1, 0.15) is 0 Å². The highest BCUT2D eigenvalue weighted by molar-refractivity contribution is 5.79. The molecule has 0 aromatic heterocycles. The van der Waals surface area contributed by atoms with Crippen molar-refractivity contribution in [3.63, 3.8) is 0 Å². The molecule has 1 aromatic rings. The lowest BCUT2D eigenvalue weighted by atomic mass is 9.88. The molecule has 0 saturated carbocycles. The summed E-state index contributed by atoms with van der Waals surface area (Å²) in [7, 11) is 0. The fourth-order valence-electron chi connectivity index (χ4n) is 2.70. The van der Waals surface area contributed by atoms with Crippen LogP contribution in [0.4, 0.5) is 0 Å². The molecule has 1 aliphatic heterocycles. The molecule has 2 unspecified atom stereocenters. The van der Waals surface area contributed by atoms with Crippen molar-refractivity contribution in [1.29, 1.82) is 0 Å². The first-order valence-corrected chi connectivity index (χ1v) is 7.14. The van der Waals surface area contributed by atoms with Crippen LogP contribution in [0.1, 0.15) is 31.2 Å². The second-order valence-electron chi connectivity index (χ2n) is 5.27. The van der Waals surface area contributed by atoms with E-state index in [4.69, 9.17) is 5.53 Å². The van der Waals surface area contributed by atoms with E-state index in [-0.39, 0.29) is 17.9 Å². The zero-order valence-electron chi connectivity index (χ0n) is 11.5. The molecule has 0 radical (unpaired) electrons. The Bertz CT molecular complexity index is 482. The zero-order valence-corrected chi connectivity index (χ0v) is 11.5. The standard InChI is InChI=1S/C15H20N4O/c16-19-17-10-4-7-13-8-9-14(18-15(13)20)11-12-5-2-1-3-6-12/h1-3,5-6,13-14H,4,7-11H2,(H,18,20). The minimum absolute atomic E-state index is 0.0796. The van der Waals surface area contributed by atoms with Gasteiger partial charge in [0.15, 0.2) is 0 Å². The Morgan fingerprint density at radius 3 is 2.80 bits per heavy atom. The topological polar surface area (TPSA) is 77.9 Å². The van der Waals surface area contributed by atoms with Crippen molar-refractivity contribution < 1.29 is 4.79 Å². The van der Waals surface area contributed by atoms with Crippen molar-refractivity contribution in [2.45, 2.75) is 38.1 Å². The number of hydrogen-bond acceptors (Lipinski definition) is 2. The number of benzene rings is 1. The largest absolute Gasteiger partial charge is 0.353 e. The molecule has 106 valence electrons. The first-order chi connectivity index (χ1) is 9.79. The number of nitrogens with zero attached hydrogens (tertiary/aromatic N) is 3. The van der Waals surface area contributed by atoms with E-state index in [2.05, 4.69) is 27.5 Å². The van der Waals surface area contributed by atoms with Gasteiger partial charge in [0.25, 0.3) is 0 Å². The molecular weight excluding hydrogens is 252 g/mol. The van der Waals surface area contributed by atoms with Crippen LogP contribution in [0.2, 0.25) is 0 Å². The zero-order chi connectivity index (χ0) is 14.2. The highest BCUT2D eigenvalue weighted by atomic mass is 16.2. The maximum absolute atomic E-state index is 12.0. The van der Waals surface area contributed by atoms with Crippen LogP contribution >= 0.6 is 0 Å². The van der Waals surface area contributed by atoms with Crippen LogP contribution in [0.15, 0.2) is 35.4 Å². The van der Waals surface area contributed by atoms with Crippen molar-refractivity contribution >= 4 is 5.91 Å². The van der Waals surface area contributed by atoms with Crippen LogP contribution in [0.25, 0.3) is 10.4 Å². The van der Waals surface area contributed by atoms with Gasteiger partial charge in [-0.3, -0.25) is 4.79 Å². The lowest BCUT2D eigenvalue weighted by molar-refractivity contribution is -0.128. The molecule has 0 spiro atoms. The maximum Gasteiger partial charge on any atom is 0.223 e. The van der Waals surface area contributed by atoms with Crippen LogP contribution in [0.5, 0.6) is 0 Å². The summed E-state index contributed by atoms with van der Waals surface area (Å²) in [5, 5.41) is 6.61. The van der Waals surface area contributed by atoms with Crippen molar-refractivity contribution in [2.75, 3.05) is 6.54 Å². The number of carbonyl (C=O) groups is 1. The molecular formula is C15H20N4O. The predicted octanol–water partition coefficient (Wildman–Crippen LogP) is 3.21. The van der Waals surface area contributed by atoms with Crippen molar-refractivity contribution in [2.24, 2.45) is 11.0 Å². The van der Waals surface area contributed by atoms with Crippen molar-refractivity contribution in [1.82, 2.24) is 5.32 Å². The summed E-state index contributed by atoms with van der Waals surface area (Å²) in [5.41, 5.74) is 9.47. The van der Waals surface area contributed by atoms with Gasteiger partial charge in [-0.2, -0.15) is 0 Å². The van der Waals surface area contributed by atoms with E-state index in [0.717, 1.165) is 32.1 Å². The molecule has 1 heterocycles. The van der Waals surface area contributed by atoms with E-state index < -0.39 is 0 Å². The number of piperidine rings is 1. The van der Waals surface area contributed by atoms with Gasteiger partial charge in [0.2, 0.25) is 5.91 Å². The lowest BCUT2D eigenvalue weighted by Crippen LogP contribution is -2.45. The molecule has 1 aromatic carbocycles. The van der Waals surface area contributed by atoms with E-state index in [0.29, 0.717) is 6.54 Å². The second-order valence-corrected chi connectivity index (χ2v) is 5.27. The van der Waals surface area contributed by atoms with E-state index >= 15 is 0 Å². The summed E-state index contributed by atoms with van der Waals surface area (Å²) >= 11 is 0. The molecule has 0 bridgehead atoms. The smallest absolute Gasteiger partial charge is 0.223 e. The number of amides is 1. The third-order valence-electron chi connectivity index (χ3n) is 3.78. The Hall–Kier alpha value is -2.00. The van der Waals surface area contributed by atoms with Crippen LogP contribution < -0.4 is 5.32 Å². The molecule has 2 atom stereocenters. The Morgan fingerprint density at radius 2 is 2.10 bits per heavy atom. The fraction of sp³-hybridized carbons (Fsp3) is 0.533. The highest BCUT2D eigenvalue weighted by Crippen LogP contribution is 2.22. The molecule has 5 heteroatoms. The molecule has 20 heavy (non-hydrogen) atoms. The van der Waals surface area contributed by atoms with Gasteiger partial charge in [-0.15, -0.1) is 0 Å². The van der Waals surface area contributed by atoms with Gasteiger partial charge in [-0.05, 0) is 43.2 Å². The lowest BCUT2D eigenvalue weighted by Gasteiger charge is -2.29. The summed E-state index contributed by atoms with van der Waals surface area (Å²) in [6, 6.07) is 10.5. The number of hydrogen-bond donors (Lipinski definition) is 1. The van der Waals surface area contributed by atoms with E-state index in [1.807, 2.05) is 18.2 Å². The SMILES string of the molecule is [N-]=[N+]=NCCCC1CCC(Cc2ccccc2)NC1=O. The van der Waals surface area contributed by atoms with Crippen LogP contribution in [0, 0.1) is 5.92 Å². The molecule has 5 nitrogen and oxygen atoms in total. The molecule has 1 aliphatic rings. The second kappa shape index (κ2) is 7.56. The molecule has 1 fully saturated rings. The Labute approximate surface area is 119 Å². The van der Waals surface area contributed by atoms with Gasteiger partial charge < -0.3 is 5.32 Å². The van der Waals surface area contributed by atoms with Crippen molar-refractivity contribution in [3.05, 3.63) is 46.3 Å². The third kappa shape index (κ3) is 4.28. The third-order valence-corrected chi connectivity index (χ3v) is 3.78. The minimum Gasteiger partial charge on any atom is -0.353 e. The van der Waals surface area contributed by atoms with E-state index in [9.17, 15) is 4.79 Å². The van der Waals surface area contributed by atoms with Crippen LogP contribution in [-0.2, 0) is 11.2 Å².